The van der Waals surface area contributed by atoms with E-state index in [1.807, 2.05) is 20.8 Å². The molecule has 0 spiro atoms. The Labute approximate surface area is 71.8 Å². The van der Waals surface area contributed by atoms with E-state index in [4.69, 9.17) is 0 Å². The minimum absolute atomic E-state index is 0.203. The Morgan fingerprint density at radius 1 is 1.50 bits per heavy atom. The van der Waals surface area contributed by atoms with Crippen molar-refractivity contribution in [1.29, 1.82) is 0 Å². The Balaban J connectivity index is 2.86. The molecule has 0 saturated carbocycles. The van der Waals surface area contributed by atoms with E-state index < -0.39 is 0 Å². The molecule has 0 aliphatic heterocycles. The molecule has 0 radical (unpaired) electrons. The van der Waals surface area contributed by atoms with Crippen LogP contribution in [0.15, 0.2) is 12.3 Å². The summed E-state index contributed by atoms with van der Waals surface area (Å²) in [5.41, 5.74) is 0.835. The van der Waals surface area contributed by atoms with Crippen LogP contribution in [0.2, 0.25) is 0 Å². The minimum Gasteiger partial charge on any atom is -0.365 e. The maximum atomic E-state index is 13.1. The van der Waals surface area contributed by atoms with Crippen LogP contribution in [-0.2, 0) is 0 Å². The Morgan fingerprint density at radius 2 is 2.17 bits per heavy atom. The fraction of sp³-hybridized carbons (Fsp3) is 0.444. The topological polar surface area (TPSA) is 24.9 Å². The molecule has 0 saturated heterocycles. The largest absolute Gasteiger partial charge is 0.365 e. The SMILES string of the molecule is Cc1cnc(NC(C)C)c(F)c1. The second kappa shape index (κ2) is 3.52. The van der Waals surface area contributed by atoms with Crippen molar-refractivity contribution in [3.8, 4) is 0 Å². The zero-order chi connectivity index (χ0) is 9.14. The molecule has 0 aromatic carbocycles. The third kappa shape index (κ3) is 2.19. The summed E-state index contributed by atoms with van der Waals surface area (Å²) in [5, 5.41) is 2.91. The van der Waals surface area contributed by atoms with Crippen LogP contribution >= 0.6 is 0 Å². The van der Waals surface area contributed by atoms with Crippen LogP contribution in [-0.4, -0.2) is 11.0 Å². The first-order chi connectivity index (χ1) is 5.59. The summed E-state index contributed by atoms with van der Waals surface area (Å²) in [7, 11) is 0. The van der Waals surface area contributed by atoms with Gasteiger partial charge in [0.2, 0.25) is 0 Å². The lowest BCUT2D eigenvalue weighted by Gasteiger charge is -2.09. The van der Waals surface area contributed by atoms with Gasteiger partial charge < -0.3 is 5.32 Å². The average Bonchev–Trinajstić information content (AvgIpc) is 1.94. The molecule has 1 aromatic heterocycles. The van der Waals surface area contributed by atoms with Gasteiger partial charge in [-0.1, -0.05) is 0 Å². The van der Waals surface area contributed by atoms with Gasteiger partial charge in [-0.25, -0.2) is 9.37 Å². The van der Waals surface area contributed by atoms with E-state index >= 15 is 0 Å². The summed E-state index contributed by atoms with van der Waals surface area (Å²) in [6.07, 6.45) is 1.65. The van der Waals surface area contributed by atoms with Crippen LogP contribution in [0.4, 0.5) is 10.2 Å². The van der Waals surface area contributed by atoms with E-state index in [1.54, 1.807) is 6.20 Å². The summed E-state index contributed by atoms with van der Waals surface area (Å²) in [6, 6.07) is 1.67. The van der Waals surface area contributed by atoms with E-state index in [9.17, 15) is 4.39 Å². The van der Waals surface area contributed by atoms with Gasteiger partial charge in [0.1, 0.15) is 0 Å². The molecule has 0 bridgehead atoms. The Morgan fingerprint density at radius 3 is 2.67 bits per heavy atom. The van der Waals surface area contributed by atoms with E-state index in [-0.39, 0.29) is 11.9 Å². The number of aromatic nitrogens is 1. The molecule has 0 fully saturated rings. The zero-order valence-electron chi connectivity index (χ0n) is 7.56. The Bertz CT molecular complexity index is 271. The third-order valence-corrected chi connectivity index (χ3v) is 1.40. The molecule has 0 aliphatic carbocycles. The fourth-order valence-electron chi connectivity index (χ4n) is 0.913. The number of nitrogens with one attached hydrogen (secondary N) is 1. The lowest BCUT2D eigenvalue weighted by Crippen LogP contribution is -2.12. The lowest BCUT2D eigenvalue weighted by atomic mass is 10.3. The molecule has 12 heavy (non-hydrogen) atoms. The monoisotopic (exact) mass is 168 g/mol. The van der Waals surface area contributed by atoms with Crippen LogP contribution in [0, 0.1) is 12.7 Å². The van der Waals surface area contributed by atoms with E-state index in [2.05, 4.69) is 10.3 Å². The highest BCUT2D eigenvalue weighted by atomic mass is 19.1. The highest BCUT2D eigenvalue weighted by Crippen LogP contribution is 2.11. The second-order valence-electron chi connectivity index (χ2n) is 3.14. The van der Waals surface area contributed by atoms with Gasteiger partial charge in [-0.15, -0.1) is 0 Å². The predicted octanol–water partition coefficient (Wildman–Crippen LogP) is 2.35. The average molecular weight is 168 g/mol. The van der Waals surface area contributed by atoms with E-state index in [0.29, 0.717) is 5.82 Å². The molecule has 1 heterocycles. The number of aryl methyl sites for hydroxylation is 1. The molecule has 0 aliphatic rings. The maximum absolute atomic E-state index is 13.1. The standard InChI is InChI=1S/C9H13FN2/c1-6(2)12-9-8(10)4-7(3)5-11-9/h4-6H,1-3H3,(H,11,12). The summed E-state index contributed by atoms with van der Waals surface area (Å²) in [5.74, 6) is 0.0410. The lowest BCUT2D eigenvalue weighted by molar-refractivity contribution is 0.620. The van der Waals surface area contributed by atoms with E-state index in [0.717, 1.165) is 5.56 Å². The van der Waals surface area contributed by atoms with Crippen LogP contribution < -0.4 is 5.32 Å². The van der Waals surface area contributed by atoms with Crippen LogP contribution in [0.5, 0.6) is 0 Å². The second-order valence-corrected chi connectivity index (χ2v) is 3.14. The van der Waals surface area contributed by atoms with Gasteiger partial charge in [0.05, 0.1) is 0 Å². The summed E-state index contributed by atoms with van der Waals surface area (Å²) in [6.45, 7) is 5.71. The summed E-state index contributed by atoms with van der Waals surface area (Å²) < 4.78 is 13.1. The molecule has 1 N–H and O–H groups in total. The normalized spacial score (nSPS) is 10.4. The Hall–Kier alpha value is -1.12. The molecule has 0 unspecified atom stereocenters. The van der Waals surface area contributed by atoms with Gasteiger partial charge in [0, 0.05) is 12.2 Å². The third-order valence-electron chi connectivity index (χ3n) is 1.40. The van der Waals surface area contributed by atoms with Crippen molar-refractivity contribution in [2.45, 2.75) is 26.8 Å². The number of nitrogens with zero attached hydrogens (tertiary/aromatic N) is 1. The highest BCUT2D eigenvalue weighted by Gasteiger charge is 2.03. The first kappa shape index (κ1) is 8.97. The van der Waals surface area contributed by atoms with Crippen LogP contribution in [0.3, 0.4) is 0 Å². The van der Waals surface area contributed by atoms with Crippen molar-refractivity contribution < 1.29 is 4.39 Å². The Kier molecular flexibility index (Phi) is 2.63. The highest BCUT2D eigenvalue weighted by molar-refractivity contribution is 5.37. The van der Waals surface area contributed by atoms with Gasteiger partial charge in [-0.05, 0) is 32.4 Å². The molecule has 0 amide bonds. The zero-order valence-corrected chi connectivity index (χ0v) is 7.56. The van der Waals surface area contributed by atoms with Crippen molar-refractivity contribution in [3.63, 3.8) is 0 Å². The van der Waals surface area contributed by atoms with Gasteiger partial charge in [-0.3, -0.25) is 0 Å². The van der Waals surface area contributed by atoms with Crippen LogP contribution in [0.25, 0.3) is 0 Å². The van der Waals surface area contributed by atoms with Crippen molar-refractivity contribution in [1.82, 2.24) is 4.98 Å². The minimum atomic E-state index is -0.288. The smallest absolute Gasteiger partial charge is 0.165 e. The van der Waals surface area contributed by atoms with Gasteiger partial charge in [0.15, 0.2) is 11.6 Å². The number of halogens is 1. The van der Waals surface area contributed by atoms with Crippen molar-refractivity contribution in [2.75, 3.05) is 5.32 Å². The molecule has 1 rings (SSSR count). The van der Waals surface area contributed by atoms with Crippen molar-refractivity contribution >= 4 is 5.82 Å². The molecule has 0 atom stereocenters. The van der Waals surface area contributed by atoms with E-state index in [1.165, 1.54) is 6.07 Å². The molecule has 2 nitrogen and oxygen atoms in total. The first-order valence-electron chi connectivity index (χ1n) is 3.98. The number of hydrogen-bond donors (Lipinski definition) is 1. The quantitative estimate of drug-likeness (QED) is 0.733. The molecular formula is C9H13FN2. The maximum Gasteiger partial charge on any atom is 0.165 e. The molecule has 3 heteroatoms. The van der Waals surface area contributed by atoms with Gasteiger partial charge >= 0.3 is 0 Å². The first-order valence-corrected chi connectivity index (χ1v) is 3.98. The fourth-order valence-corrected chi connectivity index (χ4v) is 0.913. The number of anilines is 1. The number of hydrogen-bond acceptors (Lipinski definition) is 2. The molecule has 66 valence electrons. The molecular weight excluding hydrogens is 155 g/mol. The summed E-state index contributed by atoms with van der Waals surface area (Å²) in [4.78, 5) is 3.93. The number of pyridine rings is 1. The van der Waals surface area contributed by atoms with Gasteiger partial charge in [-0.2, -0.15) is 0 Å². The van der Waals surface area contributed by atoms with Gasteiger partial charge in [0.25, 0.3) is 0 Å². The summed E-state index contributed by atoms with van der Waals surface area (Å²) >= 11 is 0. The predicted molar refractivity (Wildman–Crippen MR) is 47.7 cm³/mol. The van der Waals surface area contributed by atoms with Crippen LogP contribution in [0.1, 0.15) is 19.4 Å². The van der Waals surface area contributed by atoms with Crippen molar-refractivity contribution in [2.24, 2.45) is 0 Å². The molecule has 1 aromatic rings. The van der Waals surface area contributed by atoms with Crippen molar-refractivity contribution in [3.05, 3.63) is 23.6 Å². The number of rotatable bonds is 2.